The quantitative estimate of drug-likeness (QED) is 0.639. The molecule has 2 heterocycles. The van der Waals surface area contributed by atoms with Gasteiger partial charge in [-0.1, -0.05) is 17.3 Å². The summed E-state index contributed by atoms with van der Waals surface area (Å²) in [7, 11) is 0. The second kappa shape index (κ2) is 7.44. The van der Waals surface area contributed by atoms with Crippen LogP contribution < -0.4 is 5.32 Å². The second-order valence-electron chi connectivity index (χ2n) is 7.78. The fourth-order valence-corrected chi connectivity index (χ4v) is 3.83. The summed E-state index contributed by atoms with van der Waals surface area (Å²) in [6.07, 6.45) is 7.93. The van der Waals surface area contributed by atoms with E-state index in [1.165, 1.54) is 5.56 Å². The molecule has 0 saturated heterocycles. The fourth-order valence-electron chi connectivity index (χ4n) is 3.83. The normalized spacial score (nSPS) is 18.0. The average Bonchev–Trinajstić information content (AvgIpc) is 3.15. The number of aromatic nitrogens is 4. The highest BCUT2D eigenvalue weighted by atomic mass is 16.5. The van der Waals surface area contributed by atoms with Gasteiger partial charge in [0.15, 0.2) is 0 Å². The zero-order valence-electron chi connectivity index (χ0n) is 16.0. The van der Waals surface area contributed by atoms with Crippen molar-refractivity contribution in [3.8, 4) is 11.4 Å². The van der Waals surface area contributed by atoms with Crippen LogP contribution >= 0.6 is 0 Å². The molecule has 2 aliphatic rings. The highest BCUT2D eigenvalue weighted by Gasteiger charge is 2.30. The Morgan fingerprint density at radius 3 is 3.03 bits per heavy atom. The first-order valence-corrected chi connectivity index (χ1v) is 10.1. The number of carbonyl (C=O) groups is 1. The van der Waals surface area contributed by atoms with Gasteiger partial charge in [0.2, 0.25) is 11.7 Å². The van der Waals surface area contributed by atoms with Crippen LogP contribution in [0.5, 0.6) is 0 Å². The van der Waals surface area contributed by atoms with Gasteiger partial charge in [-0.15, -0.1) is 0 Å². The molecule has 1 aromatic carbocycles. The van der Waals surface area contributed by atoms with Gasteiger partial charge >= 0.3 is 0 Å². The van der Waals surface area contributed by atoms with Crippen LogP contribution in [0.3, 0.4) is 0 Å². The third-order valence-electron chi connectivity index (χ3n) is 5.59. The Bertz CT molecular complexity index is 1040. The predicted molar refractivity (Wildman–Crippen MR) is 104 cm³/mol. The van der Waals surface area contributed by atoms with Crippen LogP contribution in [0, 0.1) is 0 Å². The van der Waals surface area contributed by atoms with Gasteiger partial charge in [0, 0.05) is 30.8 Å². The van der Waals surface area contributed by atoms with Crippen LogP contribution in [0.25, 0.3) is 11.4 Å². The van der Waals surface area contributed by atoms with Gasteiger partial charge in [-0.3, -0.25) is 9.48 Å². The van der Waals surface area contributed by atoms with E-state index in [0.29, 0.717) is 30.3 Å². The zero-order chi connectivity index (χ0) is 19.8. The molecule has 1 amide bonds. The molecule has 0 aliphatic heterocycles. The van der Waals surface area contributed by atoms with Crippen molar-refractivity contribution in [3.05, 3.63) is 53.2 Å². The van der Waals surface area contributed by atoms with E-state index in [0.717, 1.165) is 42.7 Å². The van der Waals surface area contributed by atoms with Crippen LogP contribution in [-0.4, -0.2) is 37.5 Å². The van der Waals surface area contributed by atoms with Crippen LogP contribution in [-0.2, 0) is 13.0 Å². The molecule has 2 aliphatic carbocycles. The first kappa shape index (κ1) is 18.1. The molecule has 1 fully saturated rings. The Labute approximate surface area is 167 Å². The number of amides is 1. The number of hydrogen-bond donors (Lipinski definition) is 2. The standard InChI is InChI=1S/C21H23N5O3/c27-9-1-8-26-12-16(11-22-26)20(28)23-18-7-5-14-10-15(4-6-17(14)18)19-24-21(29-25-19)13-2-3-13/h4,6,10-13,18,27H,1-3,5,7-9H2,(H,23,28)/t18-/m1/s1. The van der Waals surface area contributed by atoms with E-state index in [-0.39, 0.29) is 18.6 Å². The molecular formula is C21H23N5O3. The molecule has 0 spiro atoms. The number of aliphatic hydroxyl groups excluding tert-OH is 1. The molecule has 1 saturated carbocycles. The lowest BCUT2D eigenvalue weighted by molar-refractivity contribution is 0.0936. The Morgan fingerprint density at radius 1 is 1.31 bits per heavy atom. The molecule has 0 radical (unpaired) electrons. The van der Waals surface area contributed by atoms with Gasteiger partial charge in [-0.2, -0.15) is 10.1 Å². The summed E-state index contributed by atoms with van der Waals surface area (Å²) in [4.78, 5) is 17.1. The maximum Gasteiger partial charge on any atom is 0.254 e. The van der Waals surface area contributed by atoms with Gasteiger partial charge in [-0.05, 0) is 49.3 Å². The molecule has 1 atom stereocenters. The van der Waals surface area contributed by atoms with E-state index < -0.39 is 0 Å². The minimum absolute atomic E-state index is 0.0142. The highest BCUT2D eigenvalue weighted by Crippen LogP contribution is 2.40. The van der Waals surface area contributed by atoms with E-state index in [1.54, 1.807) is 17.1 Å². The molecular weight excluding hydrogens is 370 g/mol. The van der Waals surface area contributed by atoms with Crippen molar-refractivity contribution in [2.24, 2.45) is 0 Å². The largest absolute Gasteiger partial charge is 0.396 e. The summed E-state index contributed by atoms with van der Waals surface area (Å²) in [6, 6.07) is 6.15. The van der Waals surface area contributed by atoms with Crippen LogP contribution in [0.1, 0.15) is 65.0 Å². The van der Waals surface area contributed by atoms with Gasteiger partial charge in [0.1, 0.15) is 0 Å². The number of nitrogens with zero attached hydrogens (tertiary/aromatic N) is 4. The van der Waals surface area contributed by atoms with Crippen molar-refractivity contribution < 1.29 is 14.4 Å². The van der Waals surface area contributed by atoms with Crippen molar-refractivity contribution >= 4 is 5.91 Å². The molecule has 150 valence electrons. The molecule has 8 nitrogen and oxygen atoms in total. The number of rotatable bonds is 7. The SMILES string of the molecule is O=C(N[C@@H]1CCc2cc(-c3noc(C4CC4)n3)ccc21)c1cnn(CCCO)c1. The van der Waals surface area contributed by atoms with Crippen molar-refractivity contribution in [1.29, 1.82) is 0 Å². The molecule has 0 unspecified atom stereocenters. The molecule has 5 rings (SSSR count). The lowest BCUT2D eigenvalue weighted by atomic mass is 10.0. The molecule has 3 aromatic rings. The van der Waals surface area contributed by atoms with Crippen LogP contribution in [0.2, 0.25) is 0 Å². The van der Waals surface area contributed by atoms with E-state index in [1.807, 2.05) is 6.07 Å². The highest BCUT2D eigenvalue weighted by molar-refractivity contribution is 5.94. The van der Waals surface area contributed by atoms with Gasteiger partial charge in [-0.25, -0.2) is 0 Å². The molecule has 2 N–H and O–H groups in total. The summed E-state index contributed by atoms with van der Waals surface area (Å²) < 4.78 is 7.05. The smallest absolute Gasteiger partial charge is 0.254 e. The minimum atomic E-state index is -0.130. The zero-order valence-corrected chi connectivity index (χ0v) is 16.0. The summed E-state index contributed by atoms with van der Waals surface area (Å²) in [5.41, 5.74) is 3.84. The summed E-state index contributed by atoms with van der Waals surface area (Å²) in [6.45, 7) is 0.700. The number of carbonyl (C=O) groups excluding carboxylic acids is 1. The van der Waals surface area contributed by atoms with E-state index in [9.17, 15) is 4.79 Å². The fraction of sp³-hybridized carbons (Fsp3) is 0.429. The number of hydrogen-bond acceptors (Lipinski definition) is 6. The minimum Gasteiger partial charge on any atom is -0.396 e. The summed E-state index contributed by atoms with van der Waals surface area (Å²) in [5, 5.41) is 20.3. The molecule has 8 heteroatoms. The number of benzene rings is 1. The monoisotopic (exact) mass is 393 g/mol. The number of aliphatic hydroxyl groups is 1. The average molecular weight is 393 g/mol. The van der Waals surface area contributed by atoms with Gasteiger partial charge < -0.3 is 14.9 Å². The Hall–Kier alpha value is -3.00. The van der Waals surface area contributed by atoms with Crippen molar-refractivity contribution in [2.75, 3.05) is 6.61 Å². The Morgan fingerprint density at radius 2 is 2.21 bits per heavy atom. The lowest BCUT2D eigenvalue weighted by Crippen LogP contribution is -2.26. The molecule has 0 bridgehead atoms. The number of nitrogens with one attached hydrogen (secondary N) is 1. The van der Waals surface area contributed by atoms with Crippen molar-refractivity contribution in [2.45, 2.75) is 50.6 Å². The van der Waals surface area contributed by atoms with Crippen molar-refractivity contribution in [3.63, 3.8) is 0 Å². The van der Waals surface area contributed by atoms with E-state index in [2.05, 4.69) is 32.7 Å². The maximum atomic E-state index is 12.6. The van der Waals surface area contributed by atoms with Gasteiger partial charge in [0.25, 0.3) is 5.91 Å². The maximum absolute atomic E-state index is 12.6. The third kappa shape index (κ3) is 3.67. The Balaban J connectivity index is 1.28. The van der Waals surface area contributed by atoms with Crippen molar-refractivity contribution in [1.82, 2.24) is 25.2 Å². The van der Waals surface area contributed by atoms with Gasteiger partial charge in [0.05, 0.1) is 17.8 Å². The van der Waals surface area contributed by atoms with Crippen LogP contribution in [0.15, 0.2) is 35.1 Å². The molecule has 2 aromatic heterocycles. The Kier molecular flexibility index (Phi) is 4.63. The predicted octanol–water partition coefficient (Wildman–Crippen LogP) is 2.61. The number of aryl methyl sites for hydroxylation is 2. The van der Waals surface area contributed by atoms with E-state index in [4.69, 9.17) is 9.63 Å². The topological polar surface area (TPSA) is 106 Å². The molecule has 29 heavy (non-hydrogen) atoms. The summed E-state index contributed by atoms with van der Waals surface area (Å²) in [5.74, 6) is 1.69. The first-order valence-electron chi connectivity index (χ1n) is 10.1. The lowest BCUT2D eigenvalue weighted by Gasteiger charge is -2.13. The van der Waals surface area contributed by atoms with E-state index >= 15 is 0 Å². The first-order chi connectivity index (χ1) is 14.2. The summed E-state index contributed by atoms with van der Waals surface area (Å²) >= 11 is 0. The number of fused-ring (bicyclic) bond motifs is 1. The second-order valence-corrected chi connectivity index (χ2v) is 7.78. The third-order valence-corrected chi connectivity index (χ3v) is 5.59. The van der Waals surface area contributed by atoms with Crippen LogP contribution in [0.4, 0.5) is 0 Å².